The van der Waals surface area contributed by atoms with Crippen LogP contribution in [0.3, 0.4) is 0 Å². The molecule has 4 saturated carbocycles. The summed E-state index contributed by atoms with van der Waals surface area (Å²) in [5.41, 5.74) is 4.58. The molecule has 0 unspecified atom stereocenters. The van der Waals surface area contributed by atoms with Gasteiger partial charge in [-0.3, -0.25) is 0 Å². The van der Waals surface area contributed by atoms with Crippen LogP contribution in [-0.2, 0) is 10.8 Å². The van der Waals surface area contributed by atoms with Crippen molar-refractivity contribution in [2.75, 3.05) is 0 Å². The zero-order valence-corrected chi connectivity index (χ0v) is 17.2. The summed E-state index contributed by atoms with van der Waals surface area (Å²) in [6.45, 7) is 6.95. The van der Waals surface area contributed by atoms with Crippen LogP contribution in [0.15, 0.2) is 35.1 Å². The van der Waals surface area contributed by atoms with Gasteiger partial charge in [0, 0.05) is 22.4 Å². The summed E-state index contributed by atoms with van der Waals surface area (Å²) in [7, 11) is 0. The minimum atomic E-state index is 0.145. The van der Waals surface area contributed by atoms with Gasteiger partial charge in [-0.25, -0.2) is 0 Å². The molecule has 0 atom stereocenters. The van der Waals surface area contributed by atoms with Crippen LogP contribution in [0.1, 0.15) is 70.6 Å². The molecule has 2 heteroatoms. The Kier molecular flexibility index (Phi) is 2.71. The Hall–Kier alpha value is -1.96. The smallest absolute Gasteiger partial charge is 0.120 e. The van der Waals surface area contributed by atoms with Gasteiger partial charge in [0.05, 0.1) is 16.4 Å². The Bertz CT molecular complexity index is 1200. The first kappa shape index (κ1) is 15.9. The third-order valence-electron chi connectivity index (χ3n) is 8.45. The van der Waals surface area contributed by atoms with Gasteiger partial charge in [-0.05, 0) is 67.3 Å². The Morgan fingerprint density at radius 1 is 0.964 bits per heavy atom. The van der Waals surface area contributed by atoms with Gasteiger partial charge in [0.2, 0.25) is 0 Å². The first-order valence-corrected chi connectivity index (χ1v) is 11.2. The molecule has 2 nitrogen and oxygen atoms in total. The lowest BCUT2D eigenvalue weighted by molar-refractivity contribution is -0.0142. The molecule has 144 valence electrons. The van der Waals surface area contributed by atoms with Crippen molar-refractivity contribution in [1.29, 1.82) is 0 Å². The number of rotatable bonds is 1. The molecule has 4 aromatic rings. The fraction of sp³-hybridized carbons (Fsp3) is 0.538. The van der Waals surface area contributed by atoms with E-state index in [0.29, 0.717) is 5.41 Å². The maximum Gasteiger partial charge on any atom is 0.120 e. The summed E-state index contributed by atoms with van der Waals surface area (Å²) in [6, 6.07) is 6.89. The van der Waals surface area contributed by atoms with Crippen LogP contribution in [0.25, 0.3) is 27.2 Å². The summed E-state index contributed by atoms with van der Waals surface area (Å²) < 4.78 is 8.91. The van der Waals surface area contributed by atoms with E-state index in [0.717, 1.165) is 17.8 Å². The SMILES string of the molecule is CC(C)(C)c1cn2c3coc(C45CC6CC(CC(C6)C4)C5)c3c3cccc1c32. The van der Waals surface area contributed by atoms with E-state index in [1.54, 1.807) is 0 Å². The molecule has 1 aromatic carbocycles. The normalized spacial score (nSPS) is 32.5. The second-order valence-electron chi connectivity index (χ2n) is 11.4. The van der Waals surface area contributed by atoms with E-state index in [-0.39, 0.29) is 5.41 Å². The Labute approximate surface area is 166 Å². The number of nitrogens with zero attached hydrogens (tertiary/aromatic N) is 1. The maximum atomic E-state index is 6.48. The van der Waals surface area contributed by atoms with E-state index in [4.69, 9.17) is 4.42 Å². The second kappa shape index (κ2) is 4.78. The van der Waals surface area contributed by atoms with E-state index < -0.39 is 0 Å². The van der Waals surface area contributed by atoms with Gasteiger partial charge in [0.25, 0.3) is 0 Å². The molecule has 0 aliphatic heterocycles. The van der Waals surface area contributed by atoms with Crippen LogP contribution in [0.2, 0.25) is 0 Å². The fourth-order valence-electron chi connectivity index (χ4n) is 7.84. The van der Waals surface area contributed by atoms with Crippen LogP contribution >= 0.6 is 0 Å². The Morgan fingerprint density at radius 3 is 2.25 bits per heavy atom. The molecule has 28 heavy (non-hydrogen) atoms. The third-order valence-corrected chi connectivity index (χ3v) is 8.45. The predicted octanol–water partition coefficient (Wildman–Crippen LogP) is 7.04. The minimum absolute atomic E-state index is 0.145. The lowest BCUT2D eigenvalue weighted by atomic mass is 9.49. The van der Waals surface area contributed by atoms with Crippen molar-refractivity contribution in [3.63, 3.8) is 0 Å². The summed E-state index contributed by atoms with van der Waals surface area (Å²) in [5, 5.41) is 4.24. The topological polar surface area (TPSA) is 17.6 Å². The van der Waals surface area contributed by atoms with E-state index in [2.05, 4.69) is 55.8 Å². The first-order valence-electron chi connectivity index (χ1n) is 11.2. The van der Waals surface area contributed by atoms with Crippen molar-refractivity contribution in [3.8, 4) is 0 Å². The standard InChI is InChI=1S/C26H29NO/c1-25(2,3)20-13-27-21-14-28-24(22(21)19-6-4-5-18(20)23(19)27)26-10-15-7-16(11-26)9-17(8-15)12-26/h4-6,13-17H,7-12H2,1-3H3. The van der Waals surface area contributed by atoms with E-state index in [1.165, 1.54) is 77.0 Å². The van der Waals surface area contributed by atoms with Gasteiger partial charge in [0.1, 0.15) is 12.0 Å². The number of para-hydroxylation sites is 1. The summed E-state index contributed by atoms with van der Waals surface area (Å²) in [4.78, 5) is 0. The third kappa shape index (κ3) is 1.81. The molecule has 4 aliphatic rings. The zero-order chi connectivity index (χ0) is 18.8. The lowest BCUT2D eigenvalue weighted by Crippen LogP contribution is -2.48. The molecule has 3 aromatic heterocycles. The van der Waals surface area contributed by atoms with Gasteiger partial charge in [-0.2, -0.15) is 0 Å². The molecular formula is C26H29NO. The van der Waals surface area contributed by atoms with Crippen LogP contribution < -0.4 is 0 Å². The summed E-state index contributed by atoms with van der Waals surface area (Å²) in [6.07, 6.45) is 12.9. The molecule has 4 bridgehead atoms. The molecule has 0 spiro atoms. The number of aromatic nitrogens is 1. The largest absolute Gasteiger partial charge is 0.466 e. The molecule has 4 aliphatic carbocycles. The first-order chi connectivity index (χ1) is 13.4. The molecule has 4 fully saturated rings. The molecule has 0 amide bonds. The van der Waals surface area contributed by atoms with E-state index in [1.807, 2.05) is 0 Å². The van der Waals surface area contributed by atoms with Crippen molar-refractivity contribution in [1.82, 2.24) is 4.40 Å². The highest BCUT2D eigenvalue weighted by atomic mass is 16.3. The fourth-order valence-corrected chi connectivity index (χ4v) is 7.84. The summed E-state index contributed by atoms with van der Waals surface area (Å²) in [5.74, 6) is 4.15. The number of furan rings is 1. The number of hydrogen-bond acceptors (Lipinski definition) is 1. The number of benzene rings is 1. The molecule has 0 radical (unpaired) electrons. The van der Waals surface area contributed by atoms with Crippen LogP contribution in [0.4, 0.5) is 0 Å². The molecule has 8 rings (SSSR count). The highest BCUT2D eigenvalue weighted by molar-refractivity contribution is 6.16. The van der Waals surface area contributed by atoms with Crippen LogP contribution in [0, 0.1) is 17.8 Å². The number of hydrogen-bond donors (Lipinski definition) is 0. The average Bonchev–Trinajstić information content (AvgIpc) is 3.28. The van der Waals surface area contributed by atoms with E-state index >= 15 is 0 Å². The number of fused-ring (bicyclic) bond motifs is 3. The van der Waals surface area contributed by atoms with Gasteiger partial charge in [-0.1, -0.05) is 39.0 Å². The van der Waals surface area contributed by atoms with Gasteiger partial charge in [0.15, 0.2) is 0 Å². The predicted molar refractivity (Wildman–Crippen MR) is 114 cm³/mol. The molecule has 0 N–H and O–H groups in total. The maximum absolute atomic E-state index is 6.48. The molecule has 3 heterocycles. The Morgan fingerprint density at radius 2 is 1.61 bits per heavy atom. The lowest BCUT2D eigenvalue weighted by Gasteiger charge is -2.56. The highest BCUT2D eigenvalue weighted by Crippen LogP contribution is 2.62. The van der Waals surface area contributed by atoms with Crippen molar-refractivity contribution in [2.45, 2.75) is 70.1 Å². The van der Waals surface area contributed by atoms with Gasteiger partial charge >= 0.3 is 0 Å². The van der Waals surface area contributed by atoms with E-state index in [9.17, 15) is 0 Å². The van der Waals surface area contributed by atoms with Crippen molar-refractivity contribution >= 4 is 27.2 Å². The summed E-state index contributed by atoms with van der Waals surface area (Å²) >= 11 is 0. The second-order valence-corrected chi connectivity index (χ2v) is 11.4. The highest BCUT2D eigenvalue weighted by Gasteiger charge is 2.54. The van der Waals surface area contributed by atoms with Crippen LogP contribution in [-0.4, -0.2) is 4.40 Å². The monoisotopic (exact) mass is 371 g/mol. The molecule has 0 saturated heterocycles. The zero-order valence-electron chi connectivity index (χ0n) is 17.2. The van der Waals surface area contributed by atoms with Crippen LogP contribution in [0.5, 0.6) is 0 Å². The van der Waals surface area contributed by atoms with Crippen molar-refractivity contribution in [3.05, 3.63) is 42.0 Å². The van der Waals surface area contributed by atoms with Gasteiger partial charge < -0.3 is 8.82 Å². The molecular weight excluding hydrogens is 342 g/mol. The van der Waals surface area contributed by atoms with Gasteiger partial charge in [-0.15, -0.1) is 0 Å². The average molecular weight is 372 g/mol. The minimum Gasteiger partial charge on any atom is -0.466 e. The quantitative estimate of drug-likeness (QED) is 0.351. The van der Waals surface area contributed by atoms with Crippen molar-refractivity contribution < 1.29 is 4.42 Å². The Balaban J connectivity index is 1.52. The van der Waals surface area contributed by atoms with Crippen molar-refractivity contribution in [2.24, 2.45) is 17.8 Å².